The zero-order chi connectivity index (χ0) is 39.1. The van der Waals surface area contributed by atoms with Crippen LogP contribution in [0.1, 0.15) is 49.4 Å². The molecule has 7 aromatic rings. The van der Waals surface area contributed by atoms with E-state index in [0.29, 0.717) is 43.2 Å². The number of rotatable bonds is 11. The third-order valence-electron chi connectivity index (χ3n) is 8.86. The van der Waals surface area contributed by atoms with E-state index in [0.717, 1.165) is 50.4 Å². The molecular formula is C41H38N4O8S2. The summed E-state index contributed by atoms with van der Waals surface area (Å²) in [5.41, 5.74) is 1.40. The number of esters is 2. The molecule has 3 aromatic carbocycles. The van der Waals surface area contributed by atoms with Crippen LogP contribution in [0.5, 0.6) is 0 Å². The third-order valence-corrected chi connectivity index (χ3v) is 11.2. The van der Waals surface area contributed by atoms with E-state index in [2.05, 4.69) is 0 Å². The molecule has 7 rings (SSSR count). The van der Waals surface area contributed by atoms with Crippen molar-refractivity contribution in [2.45, 2.75) is 46.1 Å². The van der Waals surface area contributed by atoms with Crippen LogP contribution in [0.15, 0.2) is 122 Å². The van der Waals surface area contributed by atoms with Crippen LogP contribution in [0.2, 0.25) is 0 Å². The Labute approximate surface area is 322 Å². The molecule has 4 heterocycles. The highest BCUT2D eigenvalue weighted by atomic mass is 32.1. The molecule has 0 atom stereocenters. The minimum atomic E-state index is -0.507. The predicted octanol–water partition coefficient (Wildman–Crippen LogP) is 5.89. The molecule has 12 nitrogen and oxygen atoms in total. The first kappa shape index (κ1) is 38.6. The number of aromatic nitrogens is 4. The van der Waals surface area contributed by atoms with Gasteiger partial charge in [0.05, 0.1) is 10.8 Å². The smallest absolute Gasteiger partial charge is 0.348 e. The number of benzene rings is 3. The van der Waals surface area contributed by atoms with Gasteiger partial charge in [0.1, 0.15) is 32.6 Å². The summed E-state index contributed by atoms with van der Waals surface area (Å²) < 4.78 is 15.9. The Morgan fingerprint density at radius 3 is 1.42 bits per heavy atom. The van der Waals surface area contributed by atoms with Crippen molar-refractivity contribution in [2.24, 2.45) is 14.1 Å². The normalized spacial score (nSPS) is 11.0. The monoisotopic (exact) mass is 778 g/mol. The number of hydrogen-bond donors (Lipinski definition) is 0. The maximum atomic E-state index is 13.0. The zero-order valence-corrected chi connectivity index (χ0v) is 32.1. The number of carbonyl (C=O) groups is 2. The van der Waals surface area contributed by atoms with Gasteiger partial charge in [0.25, 0.3) is 11.1 Å². The Bertz CT molecular complexity index is 2710. The van der Waals surface area contributed by atoms with Gasteiger partial charge in [0.15, 0.2) is 0 Å². The number of fused-ring (bicyclic) bond motifs is 2. The fourth-order valence-electron chi connectivity index (χ4n) is 5.92. The summed E-state index contributed by atoms with van der Waals surface area (Å²) in [4.78, 5) is 76.5. The SMILES string of the molecule is CCn1c(=O)c2cc(C(=O)OCc3ccccc3)sc2n(C)c1=O.Cn1c(=O)n(CCCc2ccccc2)c(=O)c2cc(C(=O)OCc3ccccc3)sc21. The third kappa shape index (κ3) is 8.66. The van der Waals surface area contributed by atoms with Crippen LogP contribution in [0.3, 0.4) is 0 Å². The topological polar surface area (TPSA) is 141 Å². The second-order valence-electron chi connectivity index (χ2n) is 12.6. The van der Waals surface area contributed by atoms with E-state index in [9.17, 15) is 28.8 Å². The van der Waals surface area contributed by atoms with Gasteiger partial charge in [-0.05, 0) is 48.6 Å². The predicted molar refractivity (Wildman–Crippen MR) is 214 cm³/mol. The average Bonchev–Trinajstić information content (AvgIpc) is 3.88. The number of ether oxygens (including phenoxy) is 2. The van der Waals surface area contributed by atoms with Crippen LogP contribution >= 0.6 is 22.7 Å². The van der Waals surface area contributed by atoms with Crippen molar-refractivity contribution in [3.05, 3.63) is 171 Å². The van der Waals surface area contributed by atoms with Gasteiger partial charge < -0.3 is 9.47 Å². The van der Waals surface area contributed by atoms with Gasteiger partial charge in [-0.2, -0.15) is 0 Å². The summed E-state index contributed by atoms with van der Waals surface area (Å²) in [6.45, 7) is 2.64. The molecule has 0 aliphatic heterocycles. The quantitative estimate of drug-likeness (QED) is 0.148. The second kappa shape index (κ2) is 17.3. The van der Waals surface area contributed by atoms with Crippen LogP contribution in [0.4, 0.5) is 0 Å². The molecule has 14 heteroatoms. The molecule has 55 heavy (non-hydrogen) atoms. The fraction of sp³-hybridized carbons (Fsp3) is 0.220. The van der Waals surface area contributed by atoms with E-state index in [1.807, 2.05) is 91.0 Å². The largest absolute Gasteiger partial charge is 0.457 e. The van der Waals surface area contributed by atoms with Crippen molar-refractivity contribution in [1.29, 1.82) is 0 Å². The molecule has 0 aliphatic rings. The average molecular weight is 779 g/mol. The Morgan fingerprint density at radius 2 is 0.982 bits per heavy atom. The molecule has 0 saturated heterocycles. The first-order valence-electron chi connectivity index (χ1n) is 17.5. The summed E-state index contributed by atoms with van der Waals surface area (Å²) in [7, 11) is 3.21. The van der Waals surface area contributed by atoms with Gasteiger partial charge in [0.2, 0.25) is 0 Å². The van der Waals surface area contributed by atoms with E-state index in [-0.39, 0.29) is 42.3 Å². The second-order valence-corrected chi connectivity index (χ2v) is 14.6. The maximum absolute atomic E-state index is 13.0. The van der Waals surface area contributed by atoms with E-state index < -0.39 is 11.9 Å². The minimum Gasteiger partial charge on any atom is -0.457 e. The van der Waals surface area contributed by atoms with E-state index >= 15 is 0 Å². The maximum Gasteiger partial charge on any atom is 0.348 e. The summed E-state index contributed by atoms with van der Waals surface area (Å²) >= 11 is 2.19. The summed E-state index contributed by atoms with van der Waals surface area (Å²) in [6.07, 6.45) is 1.44. The summed E-state index contributed by atoms with van der Waals surface area (Å²) in [5.74, 6) is -1.01. The number of thiophene rings is 2. The van der Waals surface area contributed by atoms with Crippen molar-refractivity contribution >= 4 is 55.0 Å². The molecule has 282 valence electrons. The minimum absolute atomic E-state index is 0.149. The van der Waals surface area contributed by atoms with E-state index in [4.69, 9.17) is 9.47 Å². The van der Waals surface area contributed by atoms with Crippen LogP contribution in [-0.2, 0) is 56.3 Å². The lowest BCUT2D eigenvalue weighted by Gasteiger charge is -2.08. The molecule has 0 amide bonds. The fourth-order valence-corrected chi connectivity index (χ4v) is 7.92. The lowest BCUT2D eigenvalue weighted by atomic mass is 10.1. The van der Waals surface area contributed by atoms with Crippen molar-refractivity contribution in [3.63, 3.8) is 0 Å². The van der Waals surface area contributed by atoms with Crippen molar-refractivity contribution in [1.82, 2.24) is 18.3 Å². The number of hydrogen-bond acceptors (Lipinski definition) is 10. The standard InChI is InChI=1S/C24H22N2O4S.C17H16N2O4S/c1-25-22-19(15-20(31-22)23(28)30-16-18-11-6-3-7-12-18)21(27)26(24(25)29)14-8-13-17-9-4-2-5-10-17;1-3-19-14(20)12-9-13(24-15(12)18(2)17(19)22)16(21)23-10-11-7-5-4-6-8-11/h2-7,9-12,15H,8,13-14,16H2,1H3;4-9H,3,10H2,1-2H3. The van der Waals surface area contributed by atoms with Crippen molar-refractivity contribution in [3.8, 4) is 0 Å². The molecule has 0 bridgehead atoms. The lowest BCUT2D eigenvalue weighted by molar-refractivity contribution is 0.0470. The van der Waals surface area contributed by atoms with Crippen molar-refractivity contribution in [2.75, 3.05) is 0 Å². The number of nitrogens with zero attached hydrogens (tertiary/aromatic N) is 4. The van der Waals surface area contributed by atoms with Crippen LogP contribution in [0.25, 0.3) is 20.4 Å². The molecule has 0 saturated carbocycles. The Hall–Kier alpha value is -6.12. The lowest BCUT2D eigenvalue weighted by Crippen LogP contribution is -2.38. The molecule has 0 spiro atoms. The highest BCUT2D eigenvalue weighted by Crippen LogP contribution is 2.24. The molecule has 0 radical (unpaired) electrons. The molecule has 4 aromatic heterocycles. The highest BCUT2D eigenvalue weighted by Gasteiger charge is 2.20. The number of aryl methyl sites for hydroxylation is 3. The van der Waals surface area contributed by atoms with Crippen LogP contribution < -0.4 is 22.5 Å². The van der Waals surface area contributed by atoms with Gasteiger partial charge in [-0.3, -0.25) is 27.9 Å². The first-order chi connectivity index (χ1) is 26.6. The van der Waals surface area contributed by atoms with Gasteiger partial charge in [0, 0.05) is 27.2 Å². The zero-order valence-electron chi connectivity index (χ0n) is 30.4. The molecule has 0 aliphatic carbocycles. The van der Waals surface area contributed by atoms with E-state index in [1.165, 1.54) is 25.8 Å². The van der Waals surface area contributed by atoms with Gasteiger partial charge in [-0.25, -0.2) is 19.2 Å². The Morgan fingerprint density at radius 1 is 0.582 bits per heavy atom. The summed E-state index contributed by atoms with van der Waals surface area (Å²) in [6, 6.07) is 31.7. The molecule has 0 N–H and O–H groups in total. The highest BCUT2D eigenvalue weighted by molar-refractivity contribution is 7.20. The number of carbonyl (C=O) groups excluding carboxylic acids is 2. The van der Waals surface area contributed by atoms with Gasteiger partial charge in [-0.1, -0.05) is 91.0 Å². The Balaban J connectivity index is 0.000000193. The van der Waals surface area contributed by atoms with E-state index in [1.54, 1.807) is 21.0 Å². The molecular weight excluding hydrogens is 741 g/mol. The van der Waals surface area contributed by atoms with Crippen molar-refractivity contribution < 1.29 is 19.1 Å². The molecule has 0 unspecified atom stereocenters. The van der Waals surface area contributed by atoms with Crippen LogP contribution in [-0.4, -0.2) is 30.2 Å². The summed E-state index contributed by atoms with van der Waals surface area (Å²) in [5, 5.41) is 0.717. The van der Waals surface area contributed by atoms with Gasteiger partial charge in [-0.15, -0.1) is 22.7 Å². The Kier molecular flexibility index (Phi) is 12.2. The molecule has 0 fully saturated rings. The van der Waals surface area contributed by atoms with Crippen LogP contribution in [0, 0.1) is 0 Å². The first-order valence-corrected chi connectivity index (χ1v) is 19.1. The van der Waals surface area contributed by atoms with Gasteiger partial charge >= 0.3 is 23.3 Å².